The van der Waals surface area contributed by atoms with Crippen molar-refractivity contribution in [1.29, 1.82) is 0 Å². The lowest BCUT2D eigenvalue weighted by Gasteiger charge is -2.24. The minimum atomic E-state index is -0.588. The number of amides is 2. The van der Waals surface area contributed by atoms with Crippen LogP contribution in [-0.2, 0) is 9.59 Å². The van der Waals surface area contributed by atoms with Crippen molar-refractivity contribution < 1.29 is 18.7 Å². The molecule has 0 aliphatic heterocycles. The van der Waals surface area contributed by atoms with Crippen LogP contribution in [-0.4, -0.2) is 31.6 Å². The Kier molecular flexibility index (Phi) is 7.68. The van der Waals surface area contributed by atoms with Crippen LogP contribution in [0, 0.1) is 17.7 Å². The highest BCUT2D eigenvalue weighted by Crippen LogP contribution is 2.38. The van der Waals surface area contributed by atoms with Gasteiger partial charge in [0.1, 0.15) is 35.2 Å². The first-order chi connectivity index (χ1) is 19.4. The number of allylic oxidation sites excluding steroid dienone is 1. The first kappa shape index (κ1) is 26.4. The fourth-order valence-electron chi connectivity index (χ4n) is 4.66. The summed E-state index contributed by atoms with van der Waals surface area (Å²) >= 11 is 0. The third kappa shape index (κ3) is 5.76. The van der Waals surface area contributed by atoms with Crippen molar-refractivity contribution in [2.75, 3.05) is 5.73 Å². The maximum absolute atomic E-state index is 15.4. The third-order valence-electron chi connectivity index (χ3n) is 6.51. The van der Waals surface area contributed by atoms with E-state index >= 15 is 4.39 Å². The Hall–Kier alpha value is -5.24. The van der Waals surface area contributed by atoms with Gasteiger partial charge < -0.3 is 10.5 Å². The Bertz CT molecular complexity index is 1660. The van der Waals surface area contributed by atoms with Crippen LogP contribution in [0.1, 0.15) is 38.6 Å². The van der Waals surface area contributed by atoms with Crippen molar-refractivity contribution in [2.45, 2.75) is 38.6 Å². The Morgan fingerprint density at radius 3 is 2.60 bits per heavy atom. The molecule has 2 heterocycles. The highest BCUT2D eigenvalue weighted by atomic mass is 19.1. The molecule has 40 heavy (non-hydrogen) atoms. The molecule has 0 bridgehead atoms. The molecular formula is C29H26FN7O3. The van der Waals surface area contributed by atoms with Crippen molar-refractivity contribution in [3.05, 3.63) is 72.3 Å². The van der Waals surface area contributed by atoms with Gasteiger partial charge in [-0.2, -0.15) is 5.10 Å². The number of hydrazine groups is 1. The Morgan fingerprint density at radius 2 is 1.88 bits per heavy atom. The Morgan fingerprint density at radius 1 is 1.10 bits per heavy atom. The predicted molar refractivity (Wildman–Crippen MR) is 147 cm³/mol. The molecule has 0 saturated heterocycles. The number of hydrogen-bond acceptors (Lipinski definition) is 7. The molecule has 4 N–H and O–H groups in total. The number of carbonyl (C=O) groups is 2. The SMILES string of the molecule is CC#CC(=O)NNC(=O)C=C1CCC(n2nc(-c3ccc(Oc4ccccc4)cc3F)c3c(N)ncnc32)CC1. The number of para-hydroxylation sites is 1. The molecule has 2 aromatic heterocycles. The van der Waals surface area contributed by atoms with Gasteiger partial charge in [0.25, 0.3) is 5.91 Å². The van der Waals surface area contributed by atoms with E-state index in [9.17, 15) is 9.59 Å². The molecule has 5 rings (SSSR count). The highest BCUT2D eigenvalue weighted by molar-refractivity contribution is 5.98. The molecule has 0 atom stereocenters. The highest BCUT2D eigenvalue weighted by Gasteiger charge is 2.26. The number of rotatable bonds is 5. The maximum atomic E-state index is 15.4. The number of fused-ring (bicyclic) bond motifs is 1. The fraction of sp³-hybridized carbons (Fsp3) is 0.207. The largest absolute Gasteiger partial charge is 0.457 e. The number of anilines is 1. The Labute approximate surface area is 229 Å². The van der Waals surface area contributed by atoms with Crippen LogP contribution >= 0.6 is 0 Å². The van der Waals surface area contributed by atoms with Crippen molar-refractivity contribution >= 4 is 28.7 Å². The van der Waals surface area contributed by atoms with E-state index in [1.165, 1.54) is 25.4 Å². The summed E-state index contributed by atoms with van der Waals surface area (Å²) in [7, 11) is 0. The van der Waals surface area contributed by atoms with Crippen LogP contribution in [0.3, 0.4) is 0 Å². The van der Waals surface area contributed by atoms with Gasteiger partial charge in [0, 0.05) is 17.7 Å². The second-order valence-electron chi connectivity index (χ2n) is 9.16. The van der Waals surface area contributed by atoms with Gasteiger partial charge in [-0.05, 0) is 62.8 Å². The van der Waals surface area contributed by atoms with E-state index in [0.29, 0.717) is 53.9 Å². The van der Waals surface area contributed by atoms with Crippen LogP contribution in [0.4, 0.5) is 10.2 Å². The maximum Gasteiger partial charge on any atom is 0.314 e. The molecule has 2 aromatic carbocycles. The van der Waals surface area contributed by atoms with E-state index in [1.54, 1.807) is 28.9 Å². The molecule has 0 radical (unpaired) electrons. The smallest absolute Gasteiger partial charge is 0.314 e. The number of nitrogens with zero attached hydrogens (tertiary/aromatic N) is 4. The van der Waals surface area contributed by atoms with E-state index in [-0.39, 0.29) is 17.4 Å². The van der Waals surface area contributed by atoms with Crippen molar-refractivity contribution in [3.8, 4) is 34.6 Å². The number of carbonyl (C=O) groups excluding carboxylic acids is 2. The summed E-state index contributed by atoms with van der Waals surface area (Å²) in [5.41, 5.74) is 12.8. The Balaban J connectivity index is 1.36. The summed E-state index contributed by atoms with van der Waals surface area (Å²) in [6.07, 6.45) is 5.48. The number of aromatic nitrogens is 4. The molecule has 1 aliphatic carbocycles. The lowest BCUT2D eigenvalue weighted by atomic mass is 9.90. The summed E-state index contributed by atoms with van der Waals surface area (Å²) in [4.78, 5) is 32.1. The second-order valence-corrected chi connectivity index (χ2v) is 9.16. The van der Waals surface area contributed by atoms with Gasteiger partial charge >= 0.3 is 5.91 Å². The molecule has 1 fully saturated rings. The van der Waals surface area contributed by atoms with Gasteiger partial charge in [0.15, 0.2) is 5.65 Å². The molecule has 11 heteroatoms. The molecule has 0 unspecified atom stereocenters. The first-order valence-electron chi connectivity index (χ1n) is 12.7. The molecule has 4 aromatic rings. The van der Waals surface area contributed by atoms with Crippen molar-refractivity contribution in [3.63, 3.8) is 0 Å². The van der Waals surface area contributed by atoms with Crippen molar-refractivity contribution in [2.24, 2.45) is 0 Å². The predicted octanol–water partition coefficient (Wildman–Crippen LogP) is 4.22. The zero-order valence-corrected chi connectivity index (χ0v) is 21.6. The zero-order chi connectivity index (χ0) is 28.1. The average Bonchev–Trinajstić information content (AvgIpc) is 3.34. The van der Waals surface area contributed by atoms with E-state index in [0.717, 1.165) is 5.57 Å². The van der Waals surface area contributed by atoms with Crippen LogP contribution in [0.15, 0.2) is 66.5 Å². The second kappa shape index (κ2) is 11.7. The monoisotopic (exact) mass is 539 g/mol. The lowest BCUT2D eigenvalue weighted by molar-refractivity contribution is -0.123. The van der Waals surface area contributed by atoms with Crippen LogP contribution in [0.2, 0.25) is 0 Å². The number of nitrogens with one attached hydrogen (secondary N) is 2. The molecule has 202 valence electrons. The molecule has 2 amide bonds. The van der Waals surface area contributed by atoms with Gasteiger partial charge in [0.05, 0.1) is 11.4 Å². The minimum Gasteiger partial charge on any atom is -0.457 e. The van der Waals surface area contributed by atoms with Gasteiger partial charge in [-0.3, -0.25) is 20.4 Å². The molecule has 0 spiro atoms. The van der Waals surface area contributed by atoms with Crippen LogP contribution < -0.4 is 21.3 Å². The topological polar surface area (TPSA) is 137 Å². The number of nitrogens with two attached hydrogens (primary N) is 1. The number of benzene rings is 2. The summed E-state index contributed by atoms with van der Waals surface area (Å²) in [6, 6.07) is 13.7. The summed E-state index contributed by atoms with van der Waals surface area (Å²) < 4.78 is 22.9. The molecule has 10 nitrogen and oxygen atoms in total. The van der Waals surface area contributed by atoms with E-state index < -0.39 is 17.6 Å². The van der Waals surface area contributed by atoms with Gasteiger partial charge in [-0.15, -0.1) is 0 Å². The molecule has 1 aliphatic rings. The van der Waals surface area contributed by atoms with Crippen LogP contribution in [0.5, 0.6) is 11.5 Å². The van der Waals surface area contributed by atoms with Gasteiger partial charge in [-0.25, -0.2) is 19.0 Å². The van der Waals surface area contributed by atoms with Crippen molar-refractivity contribution in [1.82, 2.24) is 30.6 Å². The number of ether oxygens (including phenoxy) is 1. The minimum absolute atomic E-state index is 0.0472. The average molecular weight is 540 g/mol. The van der Waals surface area contributed by atoms with Crippen LogP contribution in [0.25, 0.3) is 22.3 Å². The first-order valence-corrected chi connectivity index (χ1v) is 12.7. The lowest BCUT2D eigenvalue weighted by Crippen LogP contribution is -2.40. The summed E-state index contributed by atoms with van der Waals surface area (Å²) in [5.74, 6) is 4.37. The number of halogens is 1. The van der Waals surface area contributed by atoms with E-state index in [4.69, 9.17) is 15.6 Å². The standard InChI is InChI=1S/C29H26FN7O3/c1-2-6-24(38)34-35-25(39)15-18-9-11-19(12-10-18)37-29-26(28(31)32-17-33-29)27(36-37)22-14-13-21(16-23(22)30)40-20-7-4-3-5-8-20/h3-5,7-8,13-17,19H,9-12H2,1H3,(H,34,38)(H,35,39)(H2,31,32,33). The van der Waals surface area contributed by atoms with E-state index in [1.807, 2.05) is 18.2 Å². The number of hydrogen-bond donors (Lipinski definition) is 3. The van der Waals surface area contributed by atoms with Gasteiger partial charge in [-0.1, -0.05) is 29.7 Å². The zero-order valence-electron chi connectivity index (χ0n) is 21.6. The third-order valence-corrected chi connectivity index (χ3v) is 6.51. The normalized spacial score (nSPS) is 14.7. The summed E-state index contributed by atoms with van der Waals surface area (Å²) in [5, 5.41) is 5.24. The molecular weight excluding hydrogens is 513 g/mol. The summed E-state index contributed by atoms with van der Waals surface area (Å²) in [6.45, 7) is 1.53. The quantitative estimate of drug-likeness (QED) is 0.196. The van der Waals surface area contributed by atoms with E-state index in [2.05, 4.69) is 32.7 Å². The molecule has 1 saturated carbocycles. The van der Waals surface area contributed by atoms with Gasteiger partial charge in [0.2, 0.25) is 0 Å². The number of nitrogen functional groups attached to an aromatic ring is 1. The fourth-order valence-corrected chi connectivity index (χ4v) is 4.66.